The van der Waals surface area contributed by atoms with E-state index in [1.54, 1.807) is 0 Å². The first-order valence-electron chi connectivity index (χ1n) is 2.28. The zero-order chi connectivity index (χ0) is 8.31. The average Bonchev–Trinajstić information content (AvgIpc) is 1.84. The molecular formula is C4H10LiNO6. The quantitative estimate of drug-likeness (QED) is 0.270. The maximum absolute atomic E-state index is 9.77. The second-order valence-electron chi connectivity index (χ2n) is 1.57. The van der Waals surface area contributed by atoms with Crippen molar-refractivity contribution in [1.29, 1.82) is 0 Å². The molecular weight excluding hydrogens is 165 g/mol. The van der Waals surface area contributed by atoms with Gasteiger partial charge >= 0.3 is 30.8 Å². The molecule has 0 bridgehead atoms. The molecule has 0 amide bonds. The molecule has 0 rings (SSSR count). The van der Waals surface area contributed by atoms with Gasteiger partial charge in [0.1, 0.15) is 0 Å². The molecule has 0 aliphatic heterocycles. The van der Waals surface area contributed by atoms with E-state index >= 15 is 0 Å². The maximum Gasteiger partial charge on any atom is 1.00 e. The van der Waals surface area contributed by atoms with Crippen LogP contribution in [0.4, 0.5) is 0 Å². The van der Waals surface area contributed by atoms with E-state index in [4.69, 9.17) is 20.4 Å². The normalized spacial score (nSPS) is 13.2. The van der Waals surface area contributed by atoms with E-state index in [9.17, 15) is 9.59 Å². The second kappa shape index (κ2) is 7.09. The van der Waals surface area contributed by atoms with E-state index in [-0.39, 0.29) is 26.4 Å². The SMILES string of the molecule is N.O=C(O)C(O)C(O)C(=O)O.[H-].[Li+]. The predicted octanol–water partition coefficient (Wildman–Crippen LogP) is -4.84. The van der Waals surface area contributed by atoms with E-state index in [1.807, 2.05) is 0 Å². The summed E-state index contributed by atoms with van der Waals surface area (Å²) in [5.41, 5.74) is 0. The Labute approximate surface area is 81.3 Å². The van der Waals surface area contributed by atoms with Crippen LogP contribution < -0.4 is 25.0 Å². The van der Waals surface area contributed by atoms with Crippen LogP contribution in [-0.4, -0.2) is 44.6 Å². The van der Waals surface area contributed by atoms with E-state index in [0.717, 1.165) is 0 Å². The number of hydrogen-bond donors (Lipinski definition) is 5. The number of carboxylic acids is 2. The van der Waals surface area contributed by atoms with Gasteiger partial charge in [-0.1, -0.05) is 0 Å². The number of carboxylic acid groups (broad SMARTS) is 2. The molecule has 0 saturated carbocycles. The number of aliphatic hydroxyl groups excluding tert-OH is 2. The number of rotatable bonds is 3. The molecule has 68 valence electrons. The third-order valence-electron chi connectivity index (χ3n) is 0.805. The third-order valence-corrected chi connectivity index (χ3v) is 0.805. The van der Waals surface area contributed by atoms with Crippen LogP contribution in [0.15, 0.2) is 0 Å². The zero-order valence-electron chi connectivity index (χ0n) is 7.47. The van der Waals surface area contributed by atoms with Gasteiger partial charge in [-0.05, 0) is 0 Å². The van der Waals surface area contributed by atoms with Gasteiger partial charge in [-0.3, -0.25) is 0 Å². The fraction of sp³-hybridized carbons (Fsp3) is 0.500. The number of aliphatic carboxylic acids is 2. The molecule has 0 aliphatic carbocycles. The minimum Gasteiger partial charge on any atom is -1.00 e. The van der Waals surface area contributed by atoms with Crippen molar-refractivity contribution >= 4 is 11.9 Å². The molecule has 0 aromatic carbocycles. The van der Waals surface area contributed by atoms with Crippen molar-refractivity contribution in [2.24, 2.45) is 0 Å². The van der Waals surface area contributed by atoms with Gasteiger partial charge in [-0.25, -0.2) is 9.59 Å². The minimum atomic E-state index is -2.27. The number of aliphatic hydroxyl groups is 2. The largest absolute Gasteiger partial charge is 1.00 e. The molecule has 0 radical (unpaired) electrons. The molecule has 0 aromatic rings. The Kier molecular flexibility index (Phi) is 10.3. The summed E-state index contributed by atoms with van der Waals surface area (Å²) in [4.78, 5) is 19.5. The van der Waals surface area contributed by atoms with Crippen LogP contribution in [0.1, 0.15) is 1.43 Å². The van der Waals surface area contributed by atoms with Crippen LogP contribution in [0.2, 0.25) is 0 Å². The molecule has 0 spiro atoms. The monoisotopic (exact) mass is 175 g/mol. The first-order valence-corrected chi connectivity index (χ1v) is 2.28. The van der Waals surface area contributed by atoms with Crippen LogP contribution >= 0.6 is 0 Å². The van der Waals surface area contributed by atoms with Crippen molar-refractivity contribution < 1.29 is 50.3 Å². The van der Waals surface area contributed by atoms with E-state index in [2.05, 4.69) is 0 Å². The van der Waals surface area contributed by atoms with Gasteiger partial charge in [0.05, 0.1) is 0 Å². The van der Waals surface area contributed by atoms with Crippen molar-refractivity contribution in [3.8, 4) is 0 Å². The van der Waals surface area contributed by atoms with Crippen LogP contribution in [-0.2, 0) is 9.59 Å². The standard InChI is InChI=1S/C4H6O6.Li.H3N.H/c5-1(3(7)8)2(6)4(9)10;;;/h1-2,5-6H,(H,7,8)(H,9,10);;1H3;/q;+1;;-1. The summed E-state index contributed by atoms with van der Waals surface area (Å²) in [7, 11) is 0. The first-order chi connectivity index (χ1) is 4.46. The fourth-order valence-corrected chi connectivity index (χ4v) is 0.270. The van der Waals surface area contributed by atoms with Crippen LogP contribution in [0.3, 0.4) is 0 Å². The molecule has 0 heterocycles. The Bertz CT molecular complexity index is 149. The van der Waals surface area contributed by atoms with E-state index in [0.29, 0.717) is 0 Å². The van der Waals surface area contributed by atoms with Crippen molar-refractivity contribution in [1.82, 2.24) is 6.15 Å². The summed E-state index contributed by atoms with van der Waals surface area (Å²) >= 11 is 0. The molecule has 2 atom stereocenters. The third kappa shape index (κ3) is 5.12. The first kappa shape index (κ1) is 17.5. The summed E-state index contributed by atoms with van der Waals surface area (Å²) in [6.07, 6.45) is -4.53. The zero-order valence-corrected chi connectivity index (χ0v) is 6.47. The van der Waals surface area contributed by atoms with E-state index < -0.39 is 24.1 Å². The Morgan fingerprint density at radius 1 is 1.00 bits per heavy atom. The van der Waals surface area contributed by atoms with Crippen LogP contribution in [0.5, 0.6) is 0 Å². The smallest absolute Gasteiger partial charge is 1.00 e. The number of hydrogen-bond acceptors (Lipinski definition) is 5. The topological polar surface area (TPSA) is 150 Å². The van der Waals surface area contributed by atoms with Gasteiger partial charge in [0.15, 0.2) is 12.2 Å². The average molecular weight is 175 g/mol. The van der Waals surface area contributed by atoms with Gasteiger partial charge in [0, 0.05) is 0 Å². The molecule has 2 unspecified atom stereocenters. The second-order valence-corrected chi connectivity index (χ2v) is 1.57. The summed E-state index contributed by atoms with van der Waals surface area (Å²) in [5, 5.41) is 32.5. The molecule has 0 fully saturated rings. The van der Waals surface area contributed by atoms with Gasteiger partial charge < -0.3 is 28.0 Å². The Hall–Kier alpha value is -0.583. The van der Waals surface area contributed by atoms with Crippen LogP contribution in [0, 0.1) is 0 Å². The van der Waals surface area contributed by atoms with Gasteiger partial charge in [-0.15, -0.1) is 0 Å². The van der Waals surface area contributed by atoms with Gasteiger partial charge in [-0.2, -0.15) is 0 Å². The van der Waals surface area contributed by atoms with Crippen LogP contribution in [0.25, 0.3) is 0 Å². The summed E-state index contributed by atoms with van der Waals surface area (Å²) in [6, 6.07) is 0. The molecule has 0 saturated heterocycles. The van der Waals surface area contributed by atoms with Crippen molar-refractivity contribution in [3.63, 3.8) is 0 Å². The Morgan fingerprint density at radius 3 is 1.25 bits per heavy atom. The number of carbonyl (C=O) groups is 2. The van der Waals surface area contributed by atoms with E-state index in [1.165, 1.54) is 0 Å². The minimum absolute atomic E-state index is 0. The summed E-state index contributed by atoms with van der Waals surface area (Å²) in [6.45, 7) is 0. The summed E-state index contributed by atoms with van der Waals surface area (Å²) in [5.74, 6) is -3.54. The molecule has 12 heavy (non-hydrogen) atoms. The van der Waals surface area contributed by atoms with Crippen molar-refractivity contribution in [3.05, 3.63) is 0 Å². The molecule has 0 aromatic heterocycles. The predicted molar refractivity (Wildman–Crippen MR) is 33.4 cm³/mol. The van der Waals surface area contributed by atoms with Crippen molar-refractivity contribution in [2.45, 2.75) is 12.2 Å². The molecule has 7 nitrogen and oxygen atoms in total. The Morgan fingerprint density at radius 2 is 1.17 bits per heavy atom. The maximum atomic E-state index is 9.77. The van der Waals surface area contributed by atoms with Gasteiger partial charge in [0.25, 0.3) is 0 Å². The van der Waals surface area contributed by atoms with Crippen molar-refractivity contribution in [2.75, 3.05) is 0 Å². The van der Waals surface area contributed by atoms with Gasteiger partial charge in [0.2, 0.25) is 0 Å². The molecule has 8 heteroatoms. The molecule has 0 aliphatic rings. The summed E-state index contributed by atoms with van der Waals surface area (Å²) < 4.78 is 0. The molecule has 7 N–H and O–H groups in total. The fourth-order valence-electron chi connectivity index (χ4n) is 0.270. The Balaban J connectivity index is -0.000000135.